The van der Waals surface area contributed by atoms with Crippen molar-refractivity contribution in [2.45, 2.75) is 52.7 Å². The van der Waals surface area contributed by atoms with Crippen LogP contribution in [0.15, 0.2) is 12.4 Å². The highest BCUT2D eigenvalue weighted by Crippen LogP contribution is 2.20. The third kappa shape index (κ3) is 5.77. The predicted molar refractivity (Wildman–Crippen MR) is 79.4 cm³/mol. The van der Waals surface area contributed by atoms with Gasteiger partial charge in [0, 0.05) is 18.0 Å². The molecule has 0 spiro atoms. The normalized spacial score (nSPS) is 14.0. The summed E-state index contributed by atoms with van der Waals surface area (Å²) in [5.74, 6) is -0.382. The second-order valence-corrected chi connectivity index (χ2v) is 6.80. The van der Waals surface area contributed by atoms with Crippen LogP contribution in [-0.4, -0.2) is 33.2 Å². The third-order valence-electron chi connectivity index (χ3n) is 3.03. The maximum absolute atomic E-state index is 11.3. The first-order chi connectivity index (χ1) is 9.51. The lowest BCUT2D eigenvalue weighted by molar-refractivity contribution is -0.125. The standard InChI is InChI=1S/C15H25N3O3/c1-14(2,3)21-9-12(19)11-8-17-10(7-18-11)6-15(4,5)13(16)20/h7-8,12,19H,6,9H2,1-5H3,(H2,16,20)/t12-/m1/s1. The molecule has 0 radical (unpaired) electrons. The summed E-state index contributed by atoms with van der Waals surface area (Å²) in [4.78, 5) is 19.7. The minimum absolute atomic E-state index is 0.157. The fraction of sp³-hybridized carbons (Fsp3) is 0.667. The van der Waals surface area contributed by atoms with Gasteiger partial charge in [-0.3, -0.25) is 14.8 Å². The fourth-order valence-corrected chi connectivity index (χ4v) is 1.58. The van der Waals surface area contributed by atoms with Crippen LogP contribution in [0.25, 0.3) is 0 Å². The Hall–Kier alpha value is -1.53. The molecule has 0 aliphatic heterocycles. The Bertz CT molecular complexity index is 478. The summed E-state index contributed by atoms with van der Waals surface area (Å²) in [6.07, 6.45) is 2.64. The molecule has 1 aromatic rings. The first-order valence-electron chi connectivity index (χ1n) is 6.94. The number of aliphatic hydroxyl groups excluding tert-OH is 1. The summed E-state index contributed by atoms with van der Waals surface area (Å²) in [6.45, 7) is 9.43. The Morgan fingerprint density at radius 2 is 1.90 bits per heavy atom. The fourth-order valence-electron chi connectivity index (χ4n) is 1.58. The van der Waals surface area contributed by atoms with E-state index in [-0.39, 0.29) is 18.1 Å². The second kappa shape index (κ2) is 6.49. The molecule has 0 fully saturated rings. The summed E-state index contributed by atoms with van der Waals surface area (Å²) < 4.78 is 5.51. The third-order valence-corrected chi connectivity index (χ3v) is 3.03. The molecule has 1 aromatic heterocycles. The molecule has 0 unspecified atom stereocenters. The monoisotopic (exact) mass is 295 g/mol. The Balaban J connectivity index is 2.68. The topological polar surface area (TPSA) is 98.3 Å². The molecule has 6 heteroatoms. The number of nitrogens with zero attached hydrogens (tertiary/aromatic N) is 2. The highest BCUT2D eigenvalue weighted by molar-refractivity contribution is 5.80. The van der Waals surface area contributed by atoms with Gasteiger partial charge in [-0.05, 0) is 20.8 Å². The molecule has 3 N–H and O–H groups in total. The van der Waals surface area contributed by atoms with Crippen LogP contribution in [-0.2, 0) is 16.0 Å². The number of nitrogens with two attached hydrogens (primary N) is 1. The molecule has 1 amide bonds. The van der Waals surface area contributed by atoms with Gasteiger partial charge in [-0.15, -0.1) is 0 Å². The second-order valence-electron chi connectivity index (χ2n) is 6.80. The van der Waals surface area contributed by atoms with Crippen LogP contribution in [0, 0.1) is 5.41 Å². The molecule has 21 heavy (non-hydrogen) atoms. The van der Waals surface area contributed by atoms with Crippen LogP contribution in [0.5, 0.6) is 0 Å². The highest BCUT2D eigenvalue weighted by atomic mass is 16.5. The number of hydrogen-bond acceptors (Lipinski definition) is 5. The summed E-state index contributed by atoms with van der Waals surface area (Å²) in [5, 5.41) is 9.99. The molecular formula is C15H25N3O3. The molecule has 1 heterocycles. The van der Waals surface area contributed by atoms with Crippen molar-refractivity contribution >= 4 is 5.91 Å². The van der Waals surface area contributed by atoms with Gasteiger partial charge >= 0.3 is 0 Å². The molecule has 0 aliphatic carbocycles. The van der Waals surface area contributed by atoms with E-state index in [0.717, 1.165) is 0 Å². The van der Waals surface area contributed by atoms with Crippen molar-refractivity contribution in [3.63, 3.8) is 0 Å². The van der Waals surface area contributed by atoms with Crippen molar-refractivity contribution in [3.8, 4) is 0 Å². The van der Waals surface area contributed by atoms with Gasteiger partial charge in [-0.1, -0.05) is 13.8 Å². The molecule has 0 bridgehead atoms. The zero-order chi connectivity index (χ0) is 16.3. The molecule has 118 valence electrons. The molecule has 0 aromatic carbocycles. The van der Waals surface area contributed by atoms with Crippen LogP contribution in [0.2, 0.25) is 0 Å². The quantitative estimate of drug-likeness (QED) is 0.826. The van der Waals surface area contributed by atoms with Gasteiger partial charge in [0.05, 0.1) is 29.8 Å². The van der Waals surface area contributed by atoms with E-state index in [1.165, 1.54) is 6.20 Å². The minimum atomic E-state index is -0.824. The van der Waals surface area contributed by atoms with Crippen LogP contribution in [0.4, 0.5) is 0 Å². The lowest BCUT2D eigenvalue weighted by Crippen LogP contribution is -2.33. The van der Waals surface area contributed by atoms with Gasteiger partial charge in [0.25, 0.3) is 0 Å². The number of rotatable bonds is 6. The van der Waals surface area contributed by atoms with Crippen LogP contribution < -0.4 is 5.73 Å². The van der Waals surface area contributed by atoms with Crippen LogP contribution >= 0.6 is 0 Å². The van der Waals surface area contributed by atoms with E-state index >= 15 is 0 Å². The number of aromatic nitrogens is 2. The summed E-state index contributed by atoms with van der Waals surface area (Å²) in [7, 11) is 0. The molecule has 6 nitrogen and oxygen atoms in total. The Morgan fingerprint density at radius 3 is 2.33 bits per heavy atom. The zero-order valence-electron chi connectivity index (χ0n) is 13.4. The Morgan fingerprint density at radius 1 is 1.29 bits per heavy atom. The number of carbonyl (C=O) groups excluding carboxylic acids is 1. The molecule has 1 atom stereocenters. The largest absolute Gasteiger partial charge is 0.384 e. The van der Waals surface area contributed by atoms with Gasteiger partial charge in [0.1, 0.15) is 6.10 Å². The first-order valence-corrected chi connectivity index (χ1v) is 6.94. The summed E-state index contributed by atoms with van der Waals surface area (Å²) in [5.41, 5.74) is 5.44. The van der Waals surface area contributed by atoms with Gasteiger partial charge in [0.2, 0.25) is 5.91 Å². The maximum atomic E-state index is 11.3. The smallest absolute Gasteiger partial charge is 0.223 e. The number of aliphatic hydroxyl groups is 1. The van der Waals surface area contributed by atoms with E-state index in [2.05, 4.69) is 9.97 Å². The maximum Gasteiger partial charge on any atom is 0.223 e. The van der Waals surface area contributed by atoms with E-state index < -0.39 is 11.5 Å². The number of carbonyl (C=O) groups is 1. The van der Waals surface area contributed by atoms with Crippen LogP contribution in [0.1, 0.15) is 52.1 Å². The van der Waals surface area contributed by atoms with Gasteiger partial charge in [-0.2, -0.15) is 0 Å². The van der Waals surface area contributed by atoms with E-state index in [9.17, 15) is 9.90 Å². The van der Waals surface area contributed by atoms with Gasteiger partial charge in [0.15, 0.2) is 0 Å². The van der Waals surface area contributed by atoms with Crippen molar-refractivity contribution in [3.05, 3.63) is 23.8 Å². The molecule has 0 saturated carbocycles. The summed E-state index contributed by atoms with van der Waals surface area (Å²) >= 11 is 0. The number of hydrogen-bond donors (Lipinski definition) is 2. The van der Waals surface area contributed by atoms with Crippen molar-refractivity contribution in [1.29, 1.82) is 0 Å². The van der Waals surface area contributed by atoms with E-state index in [0.29, 0.717) is 17.8 Å². The number of ether oxygens (including phenoxy) is 1. The van der Waals surface area contributed by atoms with Crippen LogP contribution in [0.3, 0.4) is 0 Å². The Kier molecular flexibility index (Phi) is 5.42. The van der Waals surface area contributed by atoms with E-state index in [4.69, 9.17) is 10.5 Å². The predicted octanol–water partition coefficient (Wildman–Crippen LogP) is 1.38. The molecule has 0 aliphatic rings. The van der Waals surface area contributed by atoms with E-state index in [1.807, 2.05) is 20.8 Å². The number of amides is 1. The highest BCUT2D eigenvalue weighted by Gasteiger charge is 2.26. The van der Waals surface area contributed by atoms with E-state index in [1.54, 1.807) is 20.0 Å². The Labute approximate surface area is 125 Å². The average Bonchev–Trinajstić information content (AvgIpc) is 2.35. The molecular weight excluding hydrogens is 270 g/mol. The van der Waals surface area contributed by atoms with Gasteiger partial charge in [-0.25, -0.2) is 0 Å². The first kappa shape index (κ1) is 17.5. The van der Waals surface area contributed by atoms with Crippen molar-refractivity contribution in [1.82, 2.24) is 9.97 Å². The zero-order valence-corrected chi connectivity index (χ0v) is 13.4. The SMILES string of the molecule is CC(C)(C)OC[C@@H](O)c1cnc(CC(C)(C)C(N)=O)cn1. The lowest BCUT2D eigenvalue weighted by Gasteiger charge is -2.22. The average molecular weight is 295 g/mol. The van der Waals surface area contributed by atoms with Crippen molar-refractivity contribution in [2.24, 2.45) is 11.1 Å². The minimum Gasteiger partial charge on any atom is -0.384 e. The molecule has 0 saturated heterocycles. The van der Waals surface area contributed by atoms with Crippen molar-refractivity contribution < 1.29 is 14.6 Å². The number of primary amides is 1. The lowest BCUT2D eigenvalue weighted by atomic mass is 9.87. The van der Waals surface area contributed by atoms with Crippen molar-refractivity contribution in [2.75, 3.05) is 6.61 Å². The summed E-state index contributed by atoms with van der Waals surface area (Å²) in [6, 6.07) is 0. The molecule has 1 rings (SSSR count). The van der Waals surface area contributed by atoms with Gasteiger partial charge < -0.3 is 15.6 Å².